The van der Waals surface area contributed by atoms with Crippen molar-refractivity contribution in [2.75, 3.05) is 41.0 Å². The van der Waals surface area contributed by atoms with Gasteiger partial charge in [0.25, 0.3) is 0 Å². The number of likely N-dealkylation sites (N-methyl/N-ethyl adjacent to an activating group) is 1. The van der Waals surface area contributed by atoms with Gasteiger partial charge >= 0.3 is 11.9 Å². The Kier molecular flexibility index (Phi) is 29.6. The van der Waals surface area contributed by atoms with Crippen molar-refractivity contribution in [3.8, 4) is 0 Å². The zero-order valence-electron chi connectivity index (χ0n) is 31.3. The Morgan fingerprint density at radius 1 is 0.640 bits per heavy atom. The minimum atomic E-state index is -1.15. The topological polar surface area (TPSA) is 102 Å². The van der Waals surface area contributed by atoms with Crippen molar-refractivity contribution in [1.29, 1.82) is 0 Å². The molecule has 0 fully saturated rings. The Balaban J connectivity index is 4.62. The molecule has 0 aliphatic carbocycles. The monoisotopic (exact) mass is 693 g/mol. The van der Waals surface area contributed by atoms with Gasteiger partial charge in [-0.15, -0.1) is 0 Å². The fourth-order valence-electron chi connectivity index (χ4n) is 4.34. The van der Waals surface area contributed by atoms with E-state index >= 15 is 0 Å². The van der Waals surface area contributed by atoms with Crippen LogP contribution in [0, 0.1) is 0 Å². The molecule has 0 rings (SSSR count). The fourth-order valence-corrected chi connectivity index (χ4v) is 4.34. The summed E-state index contributed by atoms with van der Waals surface area (Å²) in [5.41, 5.74) is 0. The van der Waals surface area contributed by atoms with E-state index in [2.05, 4.69) is 44.2 Å². The molecular formula is C42H63NO7. The molecule has 0 saturated carbocycles. The number of nitrogens with zero attached hydrogens (tertiary/aromatic N) is 1. The van der Waals surface area contributed by atoms with E-state index in [1.807, 2.05) is 72.9 Å². The van der Waals surface area contributed by atoms with E-state index in [0.29, 0.717) is 12.8 Å². The molecule has 0 aliphatic rings. The predicted octanol–water partition coefficient (Wildman–Crippen LogP) is 7.62. The summed E-state index contributed by atoms with van der Waals surface area (Å²) in [6.07, 6.45) is 43.0. The third kappa shape index (κ3) is 30.1. The van der Waals surface area contributed by atoms with Crippen molar-refractivity contribution in [1.82, 2.24) is 0 Å². The smallest absolute Gasteiger partial charge is 0.310 e. The normalized spacial score (nSPS) is 14.3. The van der Waals surface area contributed by atoms with Gasteiger partial charge in [-0.1, -0.05) is 130 Å². The maximum absolute atomic E-state index is 12.5. The van der Waals surface area contributed by atoms with Gasteiger partial charge in [0.1, 0.15) is 12.6 Å². The molecule has 2 atom stereocenters. The van der Waals surface area contributed by atoms with E-state index in [9.17, 15) is 19.5 Å². The second kappa shape index (κ2) is 32.2. The third-order valence-corrected chi connectivity index (χ3v) is 7.10. The summed E-state index contributed by atoms with van der Waals surface area (Å²) in [5.74, 6) is -1.97. The fraction of sp³-hybridized carbons (Fsp3) is 0.500. The SMILES string of the molecule is CC/C=C/C=C/C=C/C=C/C=C/C=C/CCCCCC(=O)OCC(COCCC(C(=O)[O-])[N+](C)(C)C)OC(=O)C/C=C/C/C=C/C/C=C/CC. The second-order valence-corrected chi connectivity index (χ2v) is 12.5. The Labute approximate surface area is 302 Å². The molecule has 2 unspecified atom stereocenters. The van der Waals surface area contributed by atoms with Gasteiger partial charge in [0.2, 0.25) is 0 Å². The summed E-state index contributed by atoms with van der Waals surface area (Å²) in [5, 5.41) is 11.5. The standard InChI is InChI=1S/C42H63NO7/c1-6-8-10-12-14-16-17-18-19-20-21-22-23-25-26-28-30-32-40(44)49-37-38(36-48-35-34-39(42(46)47)43(3,4)5)50-41(45)33-31-29-27-24-15-13-11-9-7-2/h8-12,14-24,29,31,38-39H,6-7,13,25-28,30,32-37H2,1-5H3/b10-8+,11-9+,14-12+,17-16+,19-18+,21-20+,23-22+,24-15+,31-29+. The molecule has 0 amide bonds. The van der Waals surface area contributed by atoms with Crippen molar-refractivity contribution in [2.45, 2.75) is 96.6 Å². The van der Waals surface area contributed by atoms with E-state index in [1.54, 1.807) is 27.2 Å². The van der Waals surface area contributed by atoms with Crippen LogP contribution in [0.25, 0.3) is 0 Å². The molecule has 0 saturated heterocycles. The van der Waals surface area contributed by atoms with E-state index < -0.39 is 24.1 Å². The number of hydrogen-bond donors (Lipinski definition) is 0. The van der Waals surface area contributed by atoms with Crippen molar-refractivity contribution < 1.29 is 38.2 Å². The average molecular weight is 694 g/mol. The molecule has 0 aromatic rings. The van der Waals surface area contributed by atoms with Gasteiger partial charge in [0.15, 0.2) is 6.10 Å². The first-order valence-corrected chi connectivity index (χ1v) is 18.0. The van der Waals surface area contributed by atoms with Gasteiger partial charge in [0.05, 0.1) is 46.7 Å². The van der Waals surface area contributed by atoms with E-state index in [0.717, 1.165) is 38.5 Å². The number of carbonyl (C=O) groups excluding carboxylic acids is 3. The lowest BCUT2D eigenvalue weighted by Crippen LogP contribution is -2.55. The van der Waals surface area contributed by atoms with Crippen LogP contribution in [0.4, 0.5) is 0 Å². The zero-order chi connectivity index (χ0) is 37.1. The Morgan fingerprint density at radius 2 is 1.20 bits per heavy atom. The highest BCUT2D eigenvalue weighted by atomic mass is 16.6. The van der Waals surface area contributed by atoms with Crippen LogP contribution >= 0.6 is 0 Å². The van der Waals surface area contributed by atoms with Gasteiger partial charge in [-0.2, -0.15) is 0 Å². The van der Waals surface area contributed by atoms with Gasteiger partial charge in [-0.3, -0.25) is 9.59 Å². The van der Waals surface area contributed by atoms with E-state index in [4.69, 9.17) is 14.2 Å². The molecule has 8 heteroatoms. The molecule has 0 aromatic carbocycles. The Hall–Kier alpha value is -4.01. The lowest BCUT2D eigenvalue weighted by molar-refractivity contribution is -0.889. The van der Waals surface area contributed by atoms with Crippen molar-refractivity contribution in [3.63, 3.8) is 0 Å². The summed E-state index contributed by atoms with van der Waals surface area (Å²) in [6.45, 7) is 4.18. The number of allylic oxidation sites excluding steroid dienone is 17. The van der Waals surface area contributed by atoms with Crippen LogP contribution in [0.3, 0.4) is 0 Å². The number of carboxylic acids is 1. The van der Waals surface area contributed by atoms with Gasteiger partial charge in [0, 0.05) is 12.8 Å². The summed E-state index contributed by atoms with van der Waals surface area (Å²) in [6, 6.07) is -0.752. The maximum Gasteiger partial charge on any atom is 0.310 e. The lowest BCUT2D eigenvalue weighted by Gasteiger charge is -2.34. The first-order valence-electron chi connectivity index (χ1n) is 18.0. The van der Waals surface area contributed by atoms with Gasteiger partial charge in [-0.25, -0.2) is 0 Å². The van der Waals surface area contributed by atoms with E-state index in [-0.39, 0.29) is 49.5 Å². The van der Waals surface area contributed by atoms with Crippen molar-refractivity contribution in [3.05, 3.63) is 109 Å². The van der Waals surface area contributed by atoms with Crippen LogP contribution in [-0.4, -0.2) is 75.5 Å². The zero-order valence-corrected chi connectivity index (χ0v) is 31.3. The Morgan fingerprint density at radius 3 is 1.78 bits per heavy atom. The molecule has 0 bridgehead atoms. The molecule has 0 aromatic heterocycles. The van der Waals surface area contributed by atoms with E-state index in [1.165, 1.54) is 0 Å². The molecule has 0 N–H and O–H groups in total. The minimum Gasteiger partial charge on any atom is -0.544 e. The first kappa shape index (κ1) is 46.0. The summed E-state index contributed by atoms with van der Waals surface area (Å²) in [7, 11) is 5.33. The number of quaternary nitrogens is 1. The van der Waals surface area contributed by atoms with Crippen LogP contribution in [0.15, 0.2) is 109 Å². The number of unbranched alkanes of at least 4 members (excludes halogenated alkanes) is 3. The lowest BCUT2D eigenvalue weighted by atomic mass is 10.1. The average Bonchev–Trinajstić information content (AvgIpc) is 3.06. The highest BCUT2D eigenvalue weighted by Gasteiger charge is 2.25. The number of carbonyl (C=O) groups is 3. The molecule has 0 aliphatic heterocycles. The number of hydrogen-bond acceptors (Lipinski definition) is 7. The number of esters is 2. The van der Waals surface area contributed by atoms with Crippen LogP contribution < -0.4 is 5.11 Å². The third-order valence-electron chi connectivity index (χ3n) is 7.10. The van der Waals surface area contributed by atoms with Crippen LogP contribution in [0.2, 0.25) is 0 Å². The second-order valence-electron chi connectivity index (χ2n) is 12.5. The molecular weight excluding hydrogens is 630 g/mol. The number of ether oxygens (including phenoxy) is 3. The predicted molar refractivity (Wildman–Crippen MR) is 203 cm³/mol. The molecule has 50 heavy (non-hydrogen) atoms. The number of aliphatic carboxylic acids is 1. The Bertz CT molecular complexity index is 1180. The molecule has 0 radical (unpaired) electrons. The molecule has 8 nitrogen and oxygen atoms in total. The maximum atomic E-state index is 12.5. The summed E-state index contributed by atoms with van der Waals surface area (Å²) in [4.78, 5) is 36.5. The molecule has 278 valence electrons. The van der Waals surface area contributed by atoms with Crippen molar-refractivity contribution >= 4 is 17.9 Å². The minimum absolute atomic E-state index is 0.0186. The van der Waals surface area contributed by atoms with Crippen LogP contribution in [0.5, 0.6) is 0 Å². The highest BCUT2D eigenvalue weighted by Crippen LogP contribution is 2.09. The first-order chi connectivity index (χ1) is 24.1. The quantitative estimate of drug-likeness (QED) is 0.0261. The van der Waals surface area contributed by atoms with Crippen molar-refractivity contribution in [2.24, 2.45) is 0 Å². The summed E-state index contributed by atoms with van der Waals surface area (Å²) < 4.78 is 16.8. The summed E-state index contributed by atoms with van der Waals surface area (Å²) >= 11 is 0. The molecule has 0 heterocycles. The highest BCUT2D eigenvalue weighted by molar-refractivity contribution is 5.71. The number of carboxylic acid groups (broad SMARTS) is 1. The molecule has 0 spiro atoms. The van der Waals surface area contributed by atoms with Gasteiger partial charge in [-0.05, 0) is 44.9 Å². The van der Waals surface area contributed by atoms with Gasteiger partial charge < -0.3 is 28.6 Å². The number of rotatable bonds is 29. The van der Waals surface area contributed by atoms with Crippen LogP contribution in [0.1, 0.15) is 84.5 Å². The largest absolute Gasteiger partial charge is 0.544 e. The van der Waals surface area contributed by atoms with Crippen LogP contribution in [-0.2, 0) is 28.6 Å².